The molecule has 0 unspecified atom stereocenters. The van der Waals surface area contributed by atoms with Gasteiger partial charge in [-0.25, -0.2) is 13.2 Å². The maximum Gasteiger partial charge on any atom is 0.250 e. The number of hydrogen-bond acceptors (Lipinski definition) is 6. The molecule has 1 saturated heterocycles. The first-order valence-electron chi connectivity index (χ1n) is 16.8. The number of hydrogen-bond donors (Lipinski definition) is 1. The van der Waals surface area contributed by atoms with Crippen LogP contribution in [-0.2, 0) is 27.8 Å². The molecule has 254 valence electrons. The Morgan fingerprint density at radius 3 is 2.61 bits per heavy atom. The Morgan fingerprint density at radius 2 is 1.86 bits per heavy atom. The zero-order valence-electron chi connectivity index (χ0n) is 27.1. The van der Waals surface area contributed by atoms with Crippen molar-refractivity contribution in [3.63, 3.8) is 0 Å². The number of aryl methyl sites for hydroxylation is 1. The largest absolute Gasteiger partial charge is 0.426 e. The number of anilines is 2. The van der Waals surface area contributed by atoms with E-state index in [0.29, 0.717) is 18.5 Å². The van der Waals surface area contributed by atoms with Gasteiger partial charge in [-0.05, 0) is 121 Å². The van der Waals surface area contributed by atoms with Gasteiger partial charge in [0.2, 0.25) is 24.1 Å². The Balaban J connectivity index is 1.06. The average molecular weight is 670 g/mol. The lowest BCUT2D eigenvalue weighted by atomic mass is 9.73. The van der Waals surface area contributed by atoms with Crippen molar-refractivity contribution in [3.05, 3.63) is 119 Å². The van der Waals surface area contributed by atoms with Crippen molar-refractivity contribution in [1.29, 1.82) is 0 Å². The standard InChI is InChI=1S/C38H38F3N5O3/c1-2-36(48)46-14-4-3-5-25-19-28(8-11-34(25)46)45-15-12-38(13-16-45)22-26(29-9-7-27(39)21-30(29)38)20-35(47)43-33(37-44-42-23-49-37)18-24-6-10-31(40)32(41)17-24/h2,6-11,17,19,21,23,26,33H,1,3-5,12-16,18,20,22H2,(H,43,47)/t26-,33-/m1/s1. The summed E-state index contributed by atoms with van der Waals surface area (Å²) < 4.78 is 47.6. The third-order valence-corrected chi connectivity index (χ3v) is 10.5. The van der Waals surface area contributed by atoms with Crippen LogP contribution in [0.2, 0.25) is 0 Å². The number of nitrogens with zero attached hydrogens (tertiary/aromatic N) is 4. The molecule has 1 spiro atoms. The van der Waals surface area contributed by atoms with Crippen molar-refractivity contribution in [2.75, 3.05) is 29.4 Å². The summed E-state index contributed by atoms with van der Waals surface area (Å²) in [5.74, 6) is -2.53. The molecule has 3 heterocycles. The van der Waals surface area contributed by atoms with Crippen LogP contribution in [0.25, 0.3) is 0 Å². The Bertz CT molecular complexity index is 1870. The van der Waals surface area contributed by atoms with Crippen LogP contribution in [0.5, 0.6) is 0 Å². The molecule has 0 bridgehead atoms. The molecular weight excluding hydrogens is 631 g/mol. The van der Waals surface area contributed by atoms with Crippen molar-refractivity contribution < 1.29 is 27.2 Å². The van der Waals surface area contributed by atoms with Crippen LogP contribution < -0.4 is 15.1 Å². The molecule has 1 N–H and O–H groups in total. The van der Waals surface area contributed by atoms with E-state index in [-0.39, 0.29) is 47.7 Å². The molecule has 2 atom stereocenters. The molecule has 4 aromatic rings. The predicted molar refractivity (Wildman–Crippen MR) is 179 cm³/mol. The summed E-state index contributed by atoms with van der Waals surface area (Å²) in [5.41, 5.74) is 5.38. The summed E-state index contributed by atoms with van der Waals surface area (Å²) in [7, 11) is 0. The fourth-order valence-electron chi connectivity index (χ4n) is 8.07. The topological polar surface area (TPSA) is 91.6 Å². The van der Waals surface area contributed by atoms with E-state index in [2.05, 4.69) is 39.1 Å². The number of piperidine rings is 1. The molecule has 7 rings (SSSR count). The van der Waals surface area contributed by atoms with Crippen LogP contribution in [0.15, 0.2) is 78.1 Å². The van der Waals surface area contributed by atoms with Gasteiger partial charge in [0, 0.05) is 43.9 Å². The van der Waals surface area contributed by atoms with Gasteiger partial charge in [0.15, 0.2) is 11.6 Å². The summed E-state index contributed by atoms with van der Waals surface area (Å²) >= 11 is 0. The van der Waals surface area contributed by atoms with Crippen LogP contribution in [0.4, 0.5) is 24.5 Å². The van der Waals surface area contributed by atoms with E-state index in [4.69, 9.17) is 4.42 Å². The Kier molecular flexibility index (Phi) is 9.00. The first kappa shape index (κ1) is 32.6. The molecule has 0 radical (unpaired) electrons. The maximum absolute atomic E-state index is 14.7. The highest BCUT2D eigenvalue weighted by Gasteiger charge is 2.46. The van der Waals surface area contributed by atoms with E-state index in [1.54, 1.807) is 6.07 Å². The van der Waals surface area contributed by atoms with Gasteiger partial charge in [-0.2, -0.15) is 0 Å². The number of amides is 2. The highest BCUT2D eigenvalue weighted by atomic mass is 19.2. The van der Waals surface area contributed by atoms with Gasteiger partial charge in [0.1, 0.15) is 11.9 Å². The third kappa shape index (κ3) is 6.58. The van der Waals surface area contributed by atoms with Gasteiger partial charge in [-0.3, -0.25) is 9.59 Å². The Hall–Kier alpha value is -4.93. The van der Waals surface area contributed by atoms with E-state index in [1.165, 1.54) is 18.2 Å². The van der Waals surface area contributed by atoms with Gasteiger partial charge < -0.3 is 19.5 Å². The summed E-state index contributed by atoms with van der Waals surface area (Å²) in [4.78, 5) is 30.3. The van der Waals surface area contributed by atoms with E-state index < -0.39 is 17.7 Å². The predicted octanol–water partition coefficient (Wildman–Crippen LogP) is 6.86. The number of rotatable bonds is 8. The van der Waals surface area contributed by atoms with Crippen LogP contribution in [0, 0.1) is 17.5 Å². The summed E-state index contributed by atoms with van der Waals surface area (Å²) in [6.45, 7) is 5.91. The number of halogens is 3. The Labute approximate surface area is 283 Å². The number of carbonyl (C=O) groups excluding carboxylic acids is 2. The van der Waals surface area contributed by atoms with Crippen molar-refractivity contribution in [1.82, 2.24) is 15.5 Å². The Morgan fingerprint density at radius 1 is 1.02 bits per heavy atom. The maximum atomic E-state index is 14.7. The molecule has 0 saturated carbocycles. The molecule has 1 fully saturated rings. The molecule has 1 aromatic heterocycles. The van der Waals surface area contributed by atoms with Crippen molar-refractivity contribution in [2.45, 2.75) is 68.7 Å². The molecule has 3 aliphatic rings. The molecule has 3 aromatic carbocycles. The number of benzene rings is 3. The smallest absolute Gasteiger partial charge is 0.250 e. The van der Waals surface area contributed by atoms with Crippen LogP contribution >= 0.6 is 0 Å². The van der Waals surface area contributed by atoms with E-state index in [1.807, 2.05) is 17.0 Å². The van der Waals surface area contributed by atoms with Crippen LogP contribution in [0.3, 0.4) is 0 Å². The minimum Gasteiger partial charge on any atom is -0.426 e. The summed E-state index contributed by atoms with van der Waals surface area (Å²) in [6, 6.07) is 14.1. The first-order chi connectivity index (χ1) is 23.7. The van der Waals surface area contributed by atoms with Crippen LogP contribution in [-0.4, -0.2) is 41.6 Å². The van der Waals surface area contributed by atoms with Gasteiger partial charge in [-0.15, -0.1) is 10.2 Å². The van der Waals surface area contributed by atoms with Crippen molar-refractivity contribution >= 4 is 23.2 Å². The van der Waals surface area contributed by atoms with Gasteiger partial charge in [0.25, 0.3) is 0 Å². The number of fused-ring (bicyclic) bond motifs is 3. The molecule has 11 heteroatoms. The number of aromatic nitrogens is 2. The zero-order chi connectivity index (χ0) is 34.1. The fourth-order valence-corrected chi connectivity index (χ4v) is 8.07. The zero-order valence-corrected chi connectivity index (χ0v) is 27.1. The lowest BCUT2D eigenvalue weighted by Crippen LogP contribution is -2.42. The molecular formula is C38H38F3N5O3. The highest BCUT2D eigenvalue weighted by Crippen LogP contribution is 2.53. The monoisotopic (exact) mass is 669 g/mol. The first-order valence-corrected chi connectivity index (χ1v) is 16.8. The van der Waals surface area contributed by atoms with Crippen LogP contribution in [0.1, 0.15) is 78.6 Å². The quantitative estimate of drug-likeness (QED) is 0.206. The number of nitrogens with one attached hydrogen (secondary N) is 1. The van der Waals surface area contributed by atoms with Gasteiger partial charge >= 0.3 is 0 Å². The van der Waals surface area contributed by atoms with E-state index >= 15 is 0 Å². The van der Waals surface area contributed by atoms with Gasteiger partial charge in [-0.1, -0.05) is 18.7 Å². The normalized spacial score (nSPS) is 18.8. The fraction of sp³-hybridized carbons (Fsp3) is 0.368. The van der Waals surface area contributed by atoms with Crippen molar-refractivity contribution in [2.24, 2.45) is 0 Å². The second-order valence-electron chi connectivity index (χ2n) is 13.4. The molecule has 1 aliphatic carbocycles. The molecule has 8 nitrogen and oxygen atoms in total. The minimum absolute atomic E-state index is 0.0837. The van der Waals surface area contributed by atoms with Gasteiger partial charge in [0.05, 0.1) is 0 Å². The summed E-state index contributed by atoms with van der Waals surface area (Å²) in [6.07, 6.45) is 8.00. The lowest BCUT2D eigenvalue weighted by molar-refractivity contribution is -0.122. The van der Waals surface area contributed by atoms with Crippen molar-refractivity contribution in [3.8, 4) is 0 Å². The SMILES string of the molecule is C=CC(=O)N1CCCCc2cc(N3CCC4(CC3)C[C@@H](CC(=O)N[C@H](Cc3ccc(F)c(F)c3)c3nnco3)c3ccc(F)cc34)ccc21. The van der Waals surface area contributed by atoms with E-state index in [0.717, 1.165) is 91.8 Å². The third-order valence-electron chi connectivity index (χ3n) is 10.5. The second-order valence-corrected chi connectivity index (χ2v) is 13.4. The number of carbonyl (C=O) groups is 2. The second kappa shape index (κ2) is 13.5. The average Bonchev–Trinajstić information content (AvgIpc) is 3.67. The molecule has 2 amide bonds. The summed E-state index contributed by atoms with van der Waals surface area (Å²) in [5, 5.41) is 10.7. The molecule has 49 heavy (non-hydrogen) atoms. The highest BCUT2D eigenvalue weighted by molar-refractivity contribution is 6.01. The van der Waals surface area contributed by atoms with E-state index in [9.17, 15) is 22.8 Å². The minimum atomic E-state index is -0.979. The lowest BCUT2D eigenvalue weighted by Gasteiger charge is -2.41. The molecule has 2 aliphatic heterocycles.